The maximum absolute atomic E-state index is 11.5. The van der Waals surface area contributed by atoms with Crippen molar-refractivity contribution in [2.75, 3.05) is 0 Å². The molecule has 0 atom stereocenters. The fourth-order valence-electron chi connectivity index (χ4n) is 3.01. The normalized spacial score (nSPS) is 11.5. The van der Waals surface area contributed by atoms with Crippen LogP contribution in [0.25, 0.3) is 23.3 Å². The van der Waals surface area contributed by atoms with Gasteiger partial charge in [-0.25, -0.2) is 14.5 Å². The number of carboxylic acids is 1. The van der Waals surface area contributed by atoms with Crippen LogP contribution >= 0.6 is 0 Å². The van der Waals surface area contributed by atoms with E-state index in [2.05, 4.69) is 30.0 Å². The Kier molecular flexibility index (Phi) is 6.74. The first-order chi connectivity index (χ1) is 14.1. The molecule has 1 aromatic heterocycles. The number of aromatic carboxylic acids is 1. The summed E-state index contributed by atoms with van der Waals surface area (Å²) in [4.78, 5) is 16.1. The molecule has 0 bridgehead atoms. The lowest BCUT2D eigenvalue weighted by atomic mass is 9.99. The van der Waals surface area contributed by atoms with Gasteiger partial charge in [-0.15, -0.1) is 0 Å². The van der Waals surface area contributed by atoms with Gasteiger partial charge in [-0.2, -0.15) is 5.10 Å². The molecule has 29 heavy (non-hydrogen) atoms. The van der Waals surface area contributed by atoms with Gasteiger partial charge in [0.1, 0.15) is 0 Å². The van der Waals surface area contributed by atoms with Crippen LogP contribution in [0.4, 0.5) is 0 Å². The van der Waals surface area contributed by atoms with E-state index < -0.39 is 5.97 Å². The zero-order chi connectivity index (χ0) is 20.6. The van der Waals surface area contributed by atoms with E-state index in [1.807, 2.05) is 59.3 Å². The zero-order valence-electron chi connectivity index (χ0n) is 16.7. The van der Waals surface area contributed by atoms with Crippen molar-refractivity contribution in [1.82, 2.24) is 14.8 Å². The summed E-state index contributed by atoms with van der Waals surface area (Å²) in [5.41, 5.74) is 2.97. The van der Waals surface area contributed by atoms with Gasteiger partial charge in [-0.05, 0) is 47.8 Å². The monoisotopic (exact) mass is 387 g/mol. The quantitative estimate of drug-likeness (QED) is 0.551. The third-order valence-corrected chi connectivity index (χ3v) is 4.48. The highest BCUT2D eigenvalue weighted by Crippen LogP contribution is 2.24. The molecular weight excluding hydrogens is 362 g/mol. The minimum atomic E-state index is -0.924. The van der Waals surface area contributed by atoms with Crippen molar-refractivity contribution in [3.05, 3.63) is 83.5 Å². The van der Waals surface area contributed by atoms with Gasteiger partial charge < -0.3 is 5.11 Å². The predicted octanol–water partition coefficient (Wildman–Crippen LogP) is 5.54. The van der Waals surface area contributed by atoms with Gasteiger partial charge in [0.2, 0.25) is 0 Å². The van der Waals surface area contributed by atoms with Crippen molar-refractivity contribution in [1.29, 1.82) is 0 Å². The minimum Gasteiger partial charge on any atom is -0.478 e. The highest BCUT2D eigenvalue weighted by atomic mass is 16.4. The molecule has 1 N–H and O–H groups in total. The van der Waals surface area contributed by atoms with Gasteiger partial charge in [-0.1, -0.05) is 68.5 Å². The lowest BCUT2D eigenvalue weighted by Gasteiger charge is -2.08. The molecule has 0 aliphatic rings. The number of aromatic nitrogens is 3. The maximum Gasteiger partial charge on any atom is 0.336 e. The summed E-state index contributed by atoms with van der Waals surface area (Å²) in [5.74, 6) is 0.602. The number of carbonyl (C=O) groups is 1. The van der Waals surface area contributed by atoms with Crippen molar-refractivity contribution >= 4 is 18.1 Å². The first kappa shape index (κ1) is 20.3. The summed E-state index contributed by atoms with van der Waals surface area (Å²) in [6.07, 6.45) is 9.92. The SMILES string of the molecule is CCC=Cc1nc(C=CCC)n(Cc2ccc(-c3ccccc3C(=O)O)cc2)n1. The first-order valence-electron chi connectivity index (χ1n) is 9.82. The van der Waals surface area contributed by atoms with E-state index in [0.717, 1.165) is 29.8 Å². The molecule has 148 valence electrons. The smallest absolute Gasteiger partial charge is 0.336 e. The minimum absolute atomic E-state index is 0.302. The van der Waals surface area contributed by atoms with Crippen LogP contribution in [0.5, 0.6) is 0 Å². The molecule has 0 aliphatic carbocycles. The van der Waals surface area contributed by atoms with E-state index in [4.69, 9.17) is 0 Å². The summed E-state index contributed by atoms with van der Waals surface area (Å²) >= 11 is 0. The number of hydrogen-bond donors (Lipinski definition) is 1. The number of nitrogens with zero attached hydrogens (tertiary/aromatic N) is 3. The Hall–Kier alpha value is -3.47. The van der Waals surface area contributed by atoms with E-state index in [-0.39, 0.29) is 0 Å². The second-order valence-electron chi connectivity index (χ2n) is 6.65. The Morgan fingerprint density at radius 3 is 2.38 bits per heavy atom. The second kappa shape index (κ2) is 9.64. The lowest BCUT2D eigenvalue weighted by Crippen LogP contribution is -2.04. The largest absolute Gasteiger partial charge is 0.478 e. The van der Waals surface area contributed by atoms with Crippen LogP contribution in [0.15, 0.2) is 60.7 Å². The molecule has 0 amide bonds. The number of rotatable bonds is 8. The van der Waals surface area contributed by atoms with Crippen LogP contribution in [0.3, 0.4) is 0 Å². The molecule has 0 saturated heterocycles. The summed E-state index contributed by atoms with van der Waals surface area (Å²) in [7, 11) is 0. The van der Waals surface area contributed by atoms with Crippen molar-refractivity contribution in [2.24, 2.45) is 0 Å². The van der Waals surface area contributed by atoms with E-state index in [0.29, 0.717) is 23.5 Å². The number of benzene rings is 2. The van der Waals surface area contributed by atoms with Crippen LogP contribution in [-0.4, -0.2) is 25.8 Å². The molecule has 2 aromatic carbocycles. The van der Waals surface area contributed by atoms with E-state index in [9.17, 15) is 9.90 Å². The van der Waals surface area contributed by atoms with Crippen LogP contribution in [0.1, 0.15) is 54.3 Å². The fourth-order valence-corrected chi connectivity index (χ4v) is 3.01. The average Bonchev–Trinajstić information content (AvgIpc) is 3.12. The van der Waals surface area contributed by atoms with E-state index in [1.165, 1.54) is 0 Å². The molecule has 5 heteroatoms. The predicted molar refractivity (Wildman–Crippen MR) is 117 cm³/mol. The first-order valence-corrected chi connectivity index (χ1v) is 9.82. The van der Waals surface area contributed by atoms with Gasteiger partial charge in [0.25, 0.3) is 0 Å². The summed E-state index contributed by atoms with van der Waals surface area (Å²) in [6, 6.07) is 15.0. The van der Waals surface area contributed by atoms with Gasteiger partial charge in [0, 0.05) is 0 Å². The van der Waals surface area contributed by atoms with Crippen molar-refractivity contribution in [3.8, 4) is 11.1 Å². The van der Waals surface area contributed by atoms with Gasteiger partial charge in [-0.3, -0.25) is 0 Å². The van der Waals surface area contributed by atoms with Crippen molar-refractivity contribution in [3.63, 3.8) is 0 Å². The van der Waals surface area contributed by atoms with Crippen molar-refractivity contribution in [2.45, 2.75) is 33.2 Å². The van der Waals surface area contributed by atoms with Gasteiger partial charge in [0.05, 0.1) is 12.1 Å². The Morgan fingerprint density at radius 1 is 1.00 bits per heavy atom. The van der Waals surface area contributed by atoms with Gasteiger partial charge in [0.15, 0.2) is 11.6 Å². The van der Waals surface area contributed by atoms with Crippen LogP contribution < -0.4 is 0 Å². The zero-order valence-corrected chi connectivity index (χ0v) is 16.7. The molecule has 0 saturated carbocycles. The highest BCUT2D eigenvalue weighted by molar-refractivity contribution is 5.95. The Bertz CT molecular complexity index is 1030. The molecule has 3 aromatic rings. The van der Waals surface area contributed by atoms with E-state index >= 15 is 0 Å². The molecule has 1 heterocycles. The molecule has 0 unspecified atom stereocenters. The standard InChI is InChI=1S/C24H25N3O2/c1-3-5-11-22-25-23(12-6-4-2)27(26-22)17-18-13-15-19(16-14-18)20-9-7-8-10-21(20)24(28)29/h5-16H,3-4,17H2,1-2H3,(H,28,29). The van der Waals surface area contributed by atoms with Crippen LogP contribution in [0.2, 0.25) is 0 Å². The third-order valence-electron chi connectivity index (χ3n) is 4.48. The van der Waals surface area contributed by atoms with Crippen molar-refractivity contribution < 1.29 is 9.90 Å². The second-order valence-corrected chi connectivity index (χ2v) is 6.65. The number of carboxylic acid groups (broad SMARTS) is 1. The van der Waals surface area contributed by atoms with Gasteiger partial charge >= 0.3 is 5.97 Å². The molecule has 0 spiro atoms. The molecule has 0 fully saturated rings. The average molecular weight is 387 g/mol. The molecule has 0 radical (unpaired) electrons. The highest BCUT2D eigenvalue weighted by Gasteiger charge is 2.11. The number of hydrogen-bond acceptors (Lipinski definition) is 3. The Morgan fingerprint density at radius 2 is 1.69 bits per heavy atom. The molecule has 0 aliphatic heterocycles. The Balaban J connectivity index is 1.86. The Labute approximate surface area is 171 Å². The fraction of sp³-hybridized carbons (Fsp3) is 0.208. The summed E-state index contributed by atoms with van der Waals surface area (Å²) < 4.78 is 1.89. The molecule has 3 rings (SSSR count). The lowest BCUT2D eigenvalue weighted by molar-refractivity contribution is 0.0697. The third kappa shape index (κ3) is 5.08. The summed E-state index contributed by atoms with van der Waals surface area (Å²) in [5, 5.41) is 14.0. The molecular formula is C24H25N3O2. The molecule has 5 nitrogen and oxygen atoms in total. The topological polar surface area (TPSA) is 68.0 Å². The summed E-state index contributed by atoms with van der Waals surface area (Å²) in [6.45, 7) is 4.76. The number of allylic oxidation sites excluding steroid dienone is 2. The van der Waals surface area contributed by atoms with Crippen LogP contribution in [-0.2, 0) is 6.54 Å². The maximum atomic E-state index is 11.5. The van der Waals surface area contributed by atoms with Crippen LogP contribution in [0, 0.1) is 0 Å². The van der Waals surface area contributed by atoms with E-state index in [1.54, 1.807) is 12.1 Å².